The van der Waals surface area contributed by atoms with Crippen LogP contribution >= 0.6 is 0 Å². The molecule has 4 atom stereocenters. The molecule has 1 heterocycles. The second kappa shape index (κ2) is 8.31. The predicted molar refractivity (Wildman–Crippen MR) is 118 cm³/mol. The van der Waals surface area contributed by atoms with E-state index in [1.165, 1.54) is 11.1 Å². The second-order valence-electron chi connectivity index (χ2n) is 8.92. The fourth-order valence-electron chi connectivity index (χ4n) is 5.79. The van der Waals surface area contributed by atoms with Crippen molar-refractivity contribution in [3.05, 3.63) is 83.9 Å². The van der Waals surface area contributed by atoms with Crippen LogP contribution in [0.25, 0.3) is 0 Å². The number of aliphatic carboxylic acids is 1. The van der Waals surface area contributed by atoms with Crippen LogP contribution in [-0.2, 0) is 9.59 Å². The number of hydrogen-bond donors (Lipinski definition) is 1. The first kappa shape index (κ1) is 20.0. The molecular formula is C26H28N2O3. The van der Waals surface area contributed by atoms with Gasteiger partial charge >= 0.3 is 5.97 Å². The number of benzene rings is 2. The molecule has 160 valence electrons. The molecule has 0 unspecified atom stereocenters. The molecule has 5 rings (SSSR count). The van der Waals surface area contributed by atoms with Crippen molar-refractivity contribution < 1.29 is 14.7 Å². The Morgan fingerprint density at radius 3 is 1.81 bits per heavy atom. The molecule has 1 amide bonds. The smallest absolute Gasteiger partial charge is 0.307 e. The van der Waals surface area contributed by atoms with E-state index in [0.29, 0.717) is 13.1 Å². The lowest BCUT2D eigenvalue weighted by Crippen LogP contribution is -2.53. The zero-order valence-electron chi connectivity index (χ0n) is 17.5. The van der Waals surface area contributed by atoms with Gasteiger partial charge in [0, 0.05) is 26.2 Å². The van der Waals surface area contributed by atoms with E-state index in [0.717, 1.165) is 19.5 Å². The first-order valence-electron chi connectivity index (χ1n) is 11.2. The highest BCUT2D eigenvalue weighted by Gasteiger charge is 2.52. The average molecular weight is 417 g/mol. The van der Waals surface area contributed by atoms with Gasteiger partial charge in [0.1, 0.15) is 0 Å². The average Bonchev–Trinajstić information content (AvgIpc) is 3.43. The fraction of sp³-hybridized carbons (Fsp3) is 0.385. The summed E-state index contributed by atoms with van der Waals surface area (Å²) in [6.45, 7) is 2.82. The highest BCUT2D eigenvalue weighted by Crippen LogP contribution is 2.49. The molecule has 2 aromatic rings. The third kappa shape index (κ3) is 3.68. The zero-order valence-corrected chi connectivity index (χ0v) is 17.5. The Kier molecular flexibility index (Phi) is 5.36. The SMILES string of the molecule is O=C(O)[C@@H]1[C@@H](C(=O)N2CCN(C(c3ccccc3)c3ccccc3)CC2)[C@H]2C=C[C@H]1C2. The Bertz CT molecular complexity index is 927. The van der Waals surface area contributed by atoms with E-state index in [-0.39, 0.29) is 23.8 Å². The fourth-order valence-corrected chi connectivity index (χ4v) is 5.79. The Morgan fingerprint density at radius 2 is 1.29 bits per heavy atom. The van der Waals surface area contributed by atoms with E-state index in [9.17, 15) is 14.7 Å². The van der Waals surface area contributed by atoms with Crippen LogP contribution in [0.2, 0.25) is 0 Å². The maximum atomic E-state index is 13.3. The summed E-state index contributed by atoms with van der Waals surface area (Å²) in [6, 6.07) is 21.1. The third-order valence-electron chi connectivity index (χ3n) is 7.25. The van der Waals surface area contributed by atoms with Crippen LogP contribution in [0.15, 0.2) is 72.8 Å². The normalized spacial score (nSPS) is 27.7. The number of rotatable bonds is 5. The Labute approximate surface area is 183 Å². The van der Waals surface area contributed by atoms with E-state index < -0.39 is 17.8 Å². The number of piperazine rings is 1. The van der Waals surface area contributed by atoms with Crippen LogP contribution in [0, 0.1) is 23.7 Å². The molecule has 5 nitrogen and oxygen atoms in total. The monoisotopic (exact) mass is 416 g/mol. The van der Waals surface area contributed by atoms with Gasteiger partial charge in [-0.2, -0.15) is 0 Å². The molecule has 2 bridgehead atoms. The van der Waals surface area contributed by atoms with Crippen molar-refractivity contribution in [3.8, 4) is 0 Å². The Balaban J connectivity index is 1.32. The van der Waals surface area contributed by atoms with E-state index >= 15 is 0 Å². The maximum Gasteiger partial charge on any atom is 0.307 e. The molecule has 2 aliphatic carbocycles. The van der Waals surface area contributed by atoms with Gasteiger partial charge in [0.2, 0.25) is 5.91 Å². The summed E-state index contributed by atoms with van der Waals surface area (Å²) in [4.78, 5) is 29.5. The Hall–Kier alpha value is -2.92. The van der Waals surface area contributed by atoms with Crippen molar-refractivity contribution in [1.82, 2.24) is 9.80 Å². The van der Waals surface area contributed by atoms with Crippen LogP contribution < -0.4 is 0 Å². The summed E-state index contributed by atoms with van der Waals surface area (Å²) in [5, 5.41) is 9.71. The molecule has 5 heteroatoms. The predicted octanol–water partition coefficient (Wildman–Crippen LogP) is 3.44. The molecule has 2 aromatic carbocycles. The number of carboxylic acid groups (broad SMARTS) is 1. The van der Waals surface area contributed by atoms with Crippen LogP contribution in [0.1, 0.15) is 23.6 Å². The van der Waals surface area contributed by atoms with E-state index in [1.54, 1.807) is 0 Å². The number of carboxylic acids is 1. The summed E-state index contributed by atoms with van der Waals surface area (Å²) < 4.78 is 0. The van der Waals surface area contributed by atoms with Crippen molar-refractivity contribution in [2.75, 3.05) is 26.2 Å². The molecule has 2 fully saturated rings. The van der Waals surface area contributed by atoms with Crippen molar-refractivity contribution >= 4 is 11.9 Å². The van der Waals surface area contributed by atoms with Gasteiger partial charge in [-0.05, 0) is 29.4 Å². The highest BCUT2D eigenvalue weighted by atomic mass is 16.4. The Morgan fingerprint density at radius 1 is 0.774 bits per heavy atom. The first-order valence-corrected chi connectivity index (χ1v) is 11.2. The van der Waals surface area contributed by atoms with Gasteiger partial charge in [-0.15, -0.1) is 0 Å². The highest BCUT2D eigenvalue weighted by molar-refractivity contribution is 5.87. The minimum absolute atomic E-state index is 0.0123. The summed E-state index contributed by atoms with van der Waals surface area (Å²) in [5.74, 6) is -1.68. The van der Waals surface area contributed by atoms with Crippen molar-refractivity contribution in [2.45, 2.75) is 12.5 Å². The molecule has 1 aliphatic heterocycles. The lowest BCUT2D eigenvalue weighted by molar-refractivity contribution is -0.151. The number of amides is 1. The van der Waals surface area contributed by atoms with Gasteiger partial charge < -0.3 is 10.0 Å². The van der Waals surface area contributed by atoms with Crippen molar-refractivity contribution in [2.24, 2.45) is 23.7 Å². The maximum absolute atomic E-state index is 13.3. The standard InChI is InChI=1S/C26H28N2O3/c29-25(22-20-11-12-21(17-20)23(22)26(30)31)28-15-13-27(14-16-28)24(18-7-3-1-4-8-18)19-9-5-2-6-10-19/h1-12,20-24H,13-17H2,(H,30,31)/t20-,21-,22-,23-/m0/s1. The van der Waals surface area contributed by atoms with Gasteiger partial charge in [0.15, 0.2) is 0 Å². The number of carbonyl (C=O) groups is 2. The molecular weight excluding hydrogens is 388 g/mol. The quantitative estimate of drug-likeness (QED) is 0.759. The zero-order chi connectivity index (χ0) is 21.4. The molecule has 0 spiro atoms. The van der Waals surface area contributed by atoms with Crippen LogP contribution in [-0.4, -0.2) is 53.0 Å². The van der Waals surface area contributed by atoms with Gasteiger partial charge in [0.05, 0.1) is 17.9 Å². The number of fused-ring (bicyclic) bond motifs is 2. The topological polar surface area (TPSA) is 60.9 Å². The molecule has 3 aliphatic rings. The lowest BCUT2D eigenvalue weighted by Gasteiger charge is -2.41. The molecule has 1 saturated heterocycles. The van der Waals surface area contributed by atoms with Gasteiger partial charge in [-0.3, -0.25) is 14.5 Å². The lowest BCUT2D eigenvalue weighted by atomic mass is 9.82. The van der Waals surface area contributed by atoms with Gasteiger partial charge in [-0.1, -0.05) is 72.8 Å². The summed E-state index contributed by atoms with van der Waals surface area (Å²) >= 11 is 0. The largest absolute Gasteiger partial charge is 0.481 e. The number of carbonyl (C=O) groups excluding carboxylic acids is 1. The molecule has 0 aromatic heterocycles. The van der Waals surface area contributed by atoms with Crippen LogP contribution in [0.4, 0.5) is 0 Å². The number of hydrogen-bond acceptors (Lipinski definition) is 3. The summed E-state index contributed by atoms with van der Waals surface area (Å²) in [6.07, 6.45) is 4.86. The van der Waals surface area contributed by atoms with Crippen LogP contribution in [0.3, 0.4) is 0 Å². The minimum atomic E-state index is -0.831. The van der Waals surface area contributed by atoms with E-state index in [2.05, 4.69) is 59.5 Å². The summed E-state index contributed by atoms with van der Waals surface area (Å²) in [7, 11) is 0. The molecule has 0 radical (unpaired) electrons. The van der Waals surface area contributed by atoms with Gasteiger partial charge in [-0.25, -0.2) is 0 Å². The number of allylic oxidation sites excluding steroid dienone is 2. The molecule has 31 heavy (non-hydrogen) atoms. The van der Waals surface area contributed by atoms with E-state index in [4.69, 9.17) is 0 Å². The van der Waals surface area contributed by atoms with Crippen molar-refractivity contribution in [3.63, 3.8) is 0 Å². The first-order chi connectivity index (χ1) is 15.1. The second-order valence-corrected chi connectivity index (χ2v) is 8.92. The molecule has 1 saturated carbocycles. The van der Waals surface area contributed by atoms with Crippen molar-refractivity contribution in [1.29, 1.82) is 0 Å². The molecule has 1 N–H and O–H groups in total. The number of nitrogens with zero attached hydrogens (tertiary/aromatic N) is 2. The van der Waals surface area contributed by atoms with E-state index in [1.807, 2.05) is 23.1 Å². The minimum Gasteiger partial charge on any atom is -0.481 e. The third-order valence-corrected chi connectivity index (χ3v) is 7.25. The van der Waals surface area contributed by atoms with Gasteiger partial charge in [0.25, 0.3) is 0 Å². The summed E-state index contributed by atoms with van der Waals surface area (Å²) in [5.41, 5.74) is 2.50. The van der Waals surface area contributed by atoms with Crippen LogP contribution in [0.5, 0.6) is 0 Å².